The second-order valence-corrected chi connectivity index (χ2v) is 7.76. The van der Waals surface area contributed by atoms with Gasteiger partial charge in [-0.3, -0.25) is 4.90 Å². The fraction of sp³-hybridized carbons (Fsp3) is 0.800. The summed E-state index contributed by atoms with van der Waals surface area (Å²) in [5, 5.41) is 4.81. The number of nitrogens with one attached hydrogen (secondary N) is 1. The van der Waals surface area contributed by atoms with Crippen molar-refractivity contribution in [1.82, 2.24) is 15.2 Å². The number of aromatic nitrogens is 1. The first kappa shape index (κ1) is 13.5. The molecule has 0 amide bonds. The van der Waals surface area contributed by atoms with Gasteiger partial charge in [-0.25, -0.2) is 4.98 Å². The van der Waals surface area contributed by atoms with Gasteiger partial charge in [0.1, 0.15) is 5.01 Å². The highest BCUT2D eigenvalue weighted by Gasteiger charge is 2.30. The molecule has 0 aromatic carbocycles. The van der Waals surface area contributed by atoms with Gasteiger partial charge in [0.15, 0.2) is 0 Å². The topological polar surface area (TPSA) is 28.2 Å². The summed E-state index contributed by atoms with van der Waals surface area (Å²) in [6.07, 6.45) is 6.45. The zero-order valence-electron chi connectivity index (χ0n) is 12.2. The van der Waals surface area contributed by atoms with Crippen LogP contribution in [0.2, 0.25) is 0 Å². The number of nitrogens with zero attached hydrogens (tertiary/aromatic N) is 2. The Morgan fingerprint density at radius 2 is 2.21 bits per heavy atom. The third-order valence-corrected chi connectivity index (χ3v) is 5.55. The molecule has 3 rings (SSSR count). The highest BCUT2D eigenvalue weighted by Crippen LogP contribution is 2.29. The number of hydrogen-bond donors (Lipinski definition) is 1. The Hall–Kier alpha value is -0.450. The molecule has 1 aromatic rings. The molecule has 0 saturated carbocycles. The number of thiazole rings is 1. The van der Waals surface area contributed by atoms with Crippen molar-refractivity contribution in [1.29, 1.82) is 0 Å². The molecule has 1 aromatic heterocycles. The smallest absolute Gasteiger partial charge is 0.107 e. The highest BCUT2D eigenvalue weighted by molar-refractivity contribution is 7.11. The van der Waals surface area contributed by atoms with Gasteiger partial charge in [-0.15, -0.1) is 11.3 Å². The maximum absolute atomic E-state index is 4.85. The van der Waals surface area contributed by atoms with E-state index < -0.39 is 0 Å². The van der Waals surface area contributed by atoms with Gasteiger partial charge in [-0.2, -0.15) is 0 Å². The van der Waals surface area contributed by atoms with Crippen LogP contribution in [0.4, 0.5) is 0 Å². The molecular formula is C15H25N3S. The number of rotatable bonds is 4. The SMILES string of the molecule is CN(Cc1nc2c(s1)CCCC2)CC1(C)CCNC1. The van der Waals surface area contributed by atoms with Gasteiger partial charge in [0.2, 0.25) is 0 Å². The van der Waals surface area contributed by atoms with Crippen LogP contribution >= 0.6 is 11.3 Å². The molecule has 3 nitrogen and oxygen atoms in total. The van der Waals surface area contributed by atoms with Crippen molar-refractivity contribution in [3.63, 3.8) is 0 Å². The minimum atomic E-state index is 0.450. The van der Waals surface area contributed by atoms with Crippen LogP contribution in [-0.2, 0) is 19.4 Å². The molecule has 1 aliphatic heterocycles. The van der Waals surface area contributed by atoms with Crippen molar-refractivity contribution < 1.29 is 0 Å². The predicted molar refractivity (Wildman–Crippen MR) is 80.7 cm³/mol. The molecule has 0 bridgehead atoms. The van der Waals surface area contributed by atoms with Crippen LogP contribution in [0.3, 0.4) is 0 Å². The van der Waals surface area contributed by atoms with E-state index in [0.29, 0.717) is 5.41 Å². The van der Waals surface area contributed by atoms with Crippen molar-refractivity contribution in [2.75, 3.05) is 26.7 Å². The summed E-state index contributed by atoms with van der Waals surface area (Å²) in [7, 11) is 2.24. The molecule has 2 heterocycles. The van der Waals surface area contributed by atoms with Gasteiger partial charge < -0.3 is 5.32 Å². The number of fused-ring (bicyclic) bond motifs is 1. The highest BCUT2D eigenvalue weighted by atomic mass is 32.1. The second-order valence-electron chi connectivity index (χ2n) is 6.59. The van der Waals surface area contributed by atoms with E-state index in [0.717, 1.165) is 13.1 Å². The van der Waals surface area contributed by atoms with Gasteiger partial charge in [0, 0.05) is 18.0 Å². The Balaban J connectivity index is 1.59. The molecule has 1 unspecified atom stereocenters. The summed E-state index contributed by atoms with van der Waals surface area (Å²) >= 11 is 1.95. The number of hydrogen-bond acceptors (Lipinski definition) is 4. The molecule has 1 atom stereocenters. The first-order valence-electron chi connectivity index (χ1n) is 7.51. The minimum Gasteiger partial charge on any atom is -0.316 e. The van der Waals surface area contributed by atoms with Crippen LogP contribution in [-0.4, -0.2) is 36.6 Å². The summed E-state index contributed by atoms with van der Waals surface area (Å²) in [4.78, 5) is 8.86. The van der Waals surface area contributed by atoms with E-state index in [4.69, 9.17) is 4.98 Å². The maximum atomic E-state index is 4.85. The third kappa shape index (κ3) is 3.18. The molecule has 4 heteroatoms. The van der Waals surface area contributed by atoms with E-state index in [1.54, 1.807) is 4.88 Å². The van der Waals surface area contributed by atoms with Crippen LogP contribution in [0.25, 0.3) is 0 Å². The third-order valence-electron chi connectivity index (χ3n) is 4.40. The average Bonchev–Trinajstić information content (AvgIpc) is 2.94. The van der Waals surface area contributed by atoms with E-state index in [2.05, 4.69) is 24.2 Å². The number of aryl methyl sites for hydroxylation is 2. The zero-order chi connectivity index (χ0) is 13.3. The lowest BCUT2D eigenvalue weighted by atomic mass is 9.89. The van der Waals surface area contributed by atoms with Crippen molar-refractivity contribution in [2.24, 2.45) is 5.41 Å². The molecule has 1 N–H and O–H groups in total. The van der Waals surface area contributed by atoms with E-state index in [1.165, 1.54) is 55.9 Å². The molecule has 19 heavy (non-hydrogen) atoms. The van der Waals surface area contributed by atoms with Crippen LogP contribution < -0.4 is 5.32 Å². The van der Waals surface area contributed by atoms with E-state index >= 15 is 0 Å². The lowest BCUT2D eigenvalue weighted by molar-refractivity contribution is 0.203. The molecular weight excluding hydrogens is 254 g/mol. The zero-order valence-corrected chi connectivity index (χ0v) is 13.0. The first-order valence-corrected chi connectivity index (χ1v) is 8.33. The predicted octanol–water partition coefficient (Wildman–Crippen LogP) is 2.45. The molecule has 106 valence electrons. The van der Waals surface area contributed by atoms with Crippen LogP contribution in [0.5, 0.6) is 0 Å². The maximum Gasteiger partial charge on any atom is 0.107 e. The normalized spacial score (nSPS) is 26.9. The molecule has 2 aliphatic rings. The lowest BCUT2D eigenvalue weighted by Gasteiger charge is -2.28. The van der Waals surface area contributed by atoms with Gasteiger partial charge in [-0.05, 0) is 51.1 Å². The van der Waals surface area contributed by atoms with Crippen LogP contribution in [0.1, 0.15) is 41.8 Å². The van der Waals surface area contributed by atoms with Crippen LogP contribution in [0.15, 0.2) is 0 Å². The molecule has 1 aliphatic carbocycles. The summed E-state index contributed by atoms with van der Waals surface area (Å²) in [6.45, 7) is 6.93. The van der Waals surface area contributed by atoms with Gasteiger partial charge in [-0.1, -0.05) is 6.92 Å². The molecule has 0 spiro atoms. The first-order chi connectivity index (χ1) is 9.15. The fourth-order valence-corrected chi connectivity index (χ4v) is 4.65. The van der Waals surface area contributed by atoms with E-state index in [9.17, 15) is 0 Å². The van der Waals surface area contributed by atoms with E-state index in [-0.39, 0.29) is 0 Å². The van der Waals surface area contributed by atoms with Gasteiger partial charge in [0.05, 0.1) is 12.2 Å². The summed E-state index contributed by atoms with van der Waals surface area (Å²) in [5.74, 6) is 0. The molecule has 1 saturated heterocycles. The Kier molecular flexibility index (Phi) is 3.92. The van der Waals surface area contributed by atoms with E-state index in [1.807, 2.05) is 11.3 Å². The fourth-order valence-electron chi connectivity index (χ4n) is 3.42. The average molecular weight is 279 g/mol. The largest absolute Gasteiger partial charge is 0.316 e. The monoisotopic (exact) mass is 279 g/mol. The van der Waals surface area contributed by atoms with Crippen molar-refractivity contribution in [2.45, 2.75) is 45.6 Å². The standard InChI is InChI=1S/C15H25N3S/c1-15(7-8-16-10-15)11-18(2)9-14-17-12-5-3-4-6-13(12)19-14/h16H,3-11H2,1-2H3. The van der Waals surface area contributed by atoms with Crippen molar-refractivity contribution in [3.05, 3.63) is 15.6 Å². The Labute approximate surface area is 120 Å². The lowest BCUT2D eigenvalue weighted by Crippen LogP contribution is -2.34. The van der Waals surface area contributed by atoms with Gasteiger partial charge >= 0.3 is 0 Å². The summed E-state index contributed by atoms with van der Waals surface area (Å²) in [5.41, 5.74) is 1.85. The Morgan fingerprint density at radius 1 is 1.37 bits per heavy atom. The summed E-state index contributed by atoms with van der Waals surface area (Å²) in [6, 6.07) is 0. The Morgan fingerprint density at radius 3 is 2.95 bits per heavy atom. The van der Waals surface area contributed by atoms with Crippen molar-refractivity contribution >= 4 is 11.3 Å². The van der Waals surface area contributed by atoms with Gasteiger partial charge in [0.25, 0.3) is 0 Å². The second kappa shape index (κ2) is 5.51. The molecule has 0 radical (unpaired) electrons. The quantitative estimate of drug-likeness (QED) is 0.917. The minimum absolute atomic E-state index is 0.450. The summed E-state index contributed by atoms with van der Waals surface area (Å²) < 4.78 is 0. The Bertz CT molecular complexity index is 411. The van der Waals surface area contributed by atoms with Crippen LogP contribution in [0, 0.1) is 5.41 Å². The molecule has 1 fully saturated rings. The van der Waals surface area contributed by atoms with Crippen molar-refractivity contribution in [3.8, 4) is 0 Å².